The van der Waals surface area contributed by atoms with Crippen LogP contribution in [0.3, 0.4) is 0 Å². The van der Waals surface area contributed by atoms with Crippen LogP contribution in [0.1, 0.15) is 19.8 Å². The Bertz CT molecular complexity index is 277. The van der Waals surface area contributed by atoms with Gasteiger partial charge < -0.3 is 4.90 Å². The molecule has 1 aliphatic carbocycles. The molecule has 1 aliphatic rings. The number of rotatable bonds is 1. The first-order valence-electron chi connectivity index (χ1n) is 4.13. The Morgan fingerprint density at radius 1 is 1.42 bits per heavy atom. The van der Waals surface area contributed by atoms with E-state index in [0.717, 1.165) is 24.1 Å². The molecule has 0 aromatic rings. The highest BCUT2D eigenvalue weighted by Gasteiger charge is 2.11. The van der Waals surface area contributed by atoms with E-state index in [0.29, 0.717) is 0 Å². The largest absolute Gasteiger partial charge is 0.380 e. The molecule has 0 fully saturated rings. The zero-order valence-electron chi connectivity index (χ0n) is 7.89. The molecule has 0 heterocycles. The normalized spacial score (nSPS) is 17.0. The lowest BCUT2D eigenvalue weighted by molar-refractivity contribution is 0.480. The standard InChI is InChI=1S/C10H14N2/c1-8-4-5-10(12(2)3)9(6-8)7-11/h6H,4-5H2,1-3H3. The molecule has 0 radical (unpaired) electrons. The van der Waals surface area contributed by atoms with Crippen LogP contribution < -0.4 is 0 Å². The van der Waals surface area contributed by atoms with Crippen LogP contribution in [0.5, 0.6) is 0 Å². The summed E-state index contributed by atoms with van der Waals surface area (Å²) in [5.41, 5.74) is 3.28. The summed E-state index contributed by atoms with van der Waals surface area (Å²) in [7, 11) is 3.97. The van der Waals surface area contributed by atoms with Crippen LogP contribution in [-0.2, 0) is 0 Å². The van der Waals surface area contributed by atoms with E-state index in [1.54, 1.807) is 0 Å². The molecule has 0 aliphatic heterocycles. The van der Waals surface area contributed by atoms with Crippen LogP contribution in [0.2, 0.25) is 0 Å². The van der Waals surface area contributed by atoms with E-state index in [1.807, 2.05) is 25.1 Å². The first kappa shape index (κ1) is 8.86. The summed E-state index contributed by atoms with van der Waals surface area (Å²) in [6.07, 6.45) is 4.07. The average Bonchev–Trinajstić information content (AvgIpc) is 2.03. The Hall–Kier alpha value is -1.23. The predicted octanol–water partition coefficient (Wildman–Crippen LogP) is 2.07. The lowest BCUT2D eigenvalue weighted by Gasteiger charge is -2.21. The van der Waals surface area contributed by atoms with Gasteiger partial charge in [-0.05, 0) is 25.8 Å². The first-order chi connectivity index (χ1) is 5.65. The van der Waals surface area contributed by atoms with Crippen molar-refractivity contribution in [2.45, 2.75) is 19.8 Å². The summed E-state index contributed by atoms with van der Waals surface area (Å²) in [4.78, 5) is 2.03. The number of nitriles is 1. The highest BCUT2D eigenvalue weighted by molar-refractivity contribution is 5.41. The Morgan fingerprint density at radius 2 is 2.08 bits per heavy atom. The van der Waals surface area contributed by atoms with Gasteiger partial charge in [0.25, 0.3) is 0 Å². The fourth-order valence-corrected chi connectivity index (χ4v) is 1.41. The van der Waals surface area contributed by atoms with Gasteiger partial charge in [-0.3, -0.25) is 0 Å². The minimum absolute atomic E-state index is 0.823. The lowest BCUT2D eigenvalue weighted by atomic mass is 9.98. The third-order valence-corrected chi connectivity index (χ3v) is 2.12. The van der Waals surface area contributed by atoms with E-state index in [-0.39, 0.29) is 0 Å². The van der Waals surface area contributed by atoms with Crippen molar-refractivity contribution < 1.29 is 0 Å². The smallest absolute Gasteiger partial charge is 0.101 e. The van der Waals surface area contributed by atoms with Crippen molar-refractivity contribution in [2.24, 2.45) is 0 Å². The van der Waals surface area contributed by atoms with Crippen molar-refractivity contribution in [2.75, 3.05) is 14.1 Å². The number of allylic oxidation sites excluding steroid dienone is 4. The van der Waals surface area contributed by atoms with Gasteiger partial charge in [0.15, 0.2) is 0 Å². The molecule has 1 rings (SSSR count). The Labute approximate surface area is 73.8 Å². The molecule has 64 valence electrons. The highest BCUT2D eigenvalue weighted by atomic mass is 15.1. The van der Waals surface area contributed by atoms with Crippen LogP contribution in [0.4, 0.5) is 0 Å². The van der Waals surface area contributed by atoms with Crippen molar-refractivity contribution in [3.05, 3.63) is 22.9 Å². The third-order valence-electron chi connectivity index (χ3n) is 2.12. The second kappa shape index (κ2) is 3.44. The maximum atomic E-state index is 8.85. The minimum Gasteiger partial charge on any atom is -0.380 e. The summed E-state index contributed by atoms with van der Waals surface area (Å²) >= 11 is 0. The molecule has 0 atom stereocenters. The topological polar surface area (TPSA) is 27.0 Å². The molecule has 0 aromatic heterocycles. The van der Waals surface area contributed by atoms with Crippen molar-refractivity contribution in [1.29, 1.82) is 5.26 Å². The Balaban J connectivity index is 3.02. The van der Waals surface area contributed by atoms with Gasteiger partial charge >= 0.3 is 0 Å². The fourth-order valence-electron chi connectivity index (χ4n) is 1.41. The van der Waals surface area contributed by atoms with Crippen LogP contribution in [0, 0.1) is 11.3 Å². The van der Waals surface area contributed by atoms with Crippen LogP contribution in [0.25, 0.3) is 0 Å². The summed E-state index contributed by atoms with van der Waals surface area (Å²) in [6, 6.07) is 2.23. The maximum absolute atomic E-state index is 8.85. The molecule has 0 unspecified atom stereocenters. The Morgan fingerprint density at radius 3 is 2.58 bits per heavy atom. The second-order valence-electron chi connectivity index (χ2n) is 3.36. The molecular weight excluding hydrogens is 148 g/mol. The van der Waals surface area contributed by atoms with Crippen molar-refractivity contribution in [1.82, 2.24) is 4.90 Å². The number of nitrogens with zero attached hydrogens (tertiary/aromatic N) is 2. The van der Waals surface area contributed by atoms with Gasteiger partial charge in [0.2, 0.25) is 0 Å². The van der Waals surface area contributed by atoms with Crippen LogP contribution >= 0.6 is 0 Å². The summed E-state index contributed by atoms with van der Waals surface area (Å²) in [6.45, 7) is 2.07. The van der Waals surface area contributed by atoms with E-state index < -0.39 is 0 Å². The SMILES string of the molecule is CC1=CC(C#N)=C(N(C)C)CC1. The van der Waals surface area contributed by atoms with Crippen LogP contribution in [-0.4, -0.2) is 19.0 Å². The summed E-state index contributed by atoms with van der Waals surface area (Å²) in [5.74, 6) is 0. The van der Waals surface area contributed by atoms with Gasteiger partial charge in [0.05, 0.1) is 5.57 Å². The molecular formula is C10H14N2. The first-order valence-corrected chi connectivity index (χ1v) is 4.13. The molecule has 2 nitrogen and oxygen atoms in total. The van der Waals surface area contributed by atoms with E-state index in [9.17, 15) is 0 Å². The zero-order valence-corrected chi connectivity index (χ0v) is 7.89. The molecule has 0 saturated carbocycles. The van der Waals surface area contributed by atoms with Gasteiger partial charge in [-0.25, -0.2) is 0 Å². The molecule has 0 aromatic carbocycles. The van der Waals surface area contributed by atoms with Gasteiger partial charge in [0.1, 0.15) is 6.07 Å². The summed E-state index contributed by atoms with van der Waals surface area (Å²) in [5, 5.41) is 8.85. The number of hydrogen-bond donors (Lipinski definition) is 0. The van der Waals surface area contributed by atoms with E-state index in [1.165, 1.54) is 5.57 Å². The highest BCUT2D eigenvalue weighted by Crippen LogP contribution is 2.24. The van der Waals surface area contributed by atoms with Crippen molar-refractivity contribution >= 4 is 0 Å². The monoisotopic (exact) mass is 162 g/mol. The van der Waals surface area contributed by atoms with Gasteiger partial charge in [-0.2, -0.15) is 5.26 Å². The van der Waals surface area contributed by atoms with Gasteiger partial charge in [0, 0.05) is 19.8 Å². The third kappa shape index (κ3) is 1.68. The fraction of sp³-hybridized carbons (Fsp3) is 0.500. The van der Waals surface area contributed by atoms with E-state index >= 15 is 0 Å². The molecule has 0 N–H and O–H groups in total. The lowest BCUT2D eigenvalue weighted by Crippen LogP contribution is -2.15. The molecule has 0 saturated heterocycles. The second-order valence-corrected chi connectivity index (χ2v) is 3.36. The minimum atomic E-state index is 0.823. The maximum Gasteiger partial charge on any atom is 0.101 e. The van der Waals surface area contributed by atoms with Crippen molar-refractivity contribution in [3.8, 4) is 6.07 Å². The molecule has 0 bridgehead atoms. The number of hydrogen-bond acceptors (Lipinski definition) is 2. The average molecular weight is 162 g/mol. The van der Waals surface area contributed by atoms with Crippen LogP contribution in [0.15, 0.2) is 22.9 Å². The predicted molar refractivity (Wildman–Crippen MR) is 49.3 cm³/mol. The molecule has 12 heavy (non-hydrogen) atoms. The zero-order chi connectivity index (χ0) is 9.14. The molecule has 0 amide bonds. The van der Waals surface area contributed by atoms with Gasteiger partial charge in [-0.1, -0.05) is 5.57 Å². The Kier molecular flexibility index (Phi) is 2.54. The van der Waals surface area contributed by atoms with E-state index in [4.69, 9.17) is 5.26 Å². The quantitative estimate of drug-likeness (QED) is 0.590. The molecule has 2 heteroatoms. The van der Waals surface area contributed by atoms with Crippen molar-refractivity contribution in [3.63, 3.8) is 0 Å². The van der Waals surface area contributed by atoms with E-state index in [2.05, 4.69) is 13.0 Å². The molecule has 0 spiro atoms. The summed E-state index contributed by atoms with van der Waals surface area (Å²) < 4.78 is 0. The van der Waals surface area contributed by atoms with Gasteiger partial charge in [-0.15, -0.1) is 0 Å².